The third kappa shape index (κ3) is 6.85. The number of anilines is 2. The first-order chi connectivity index (χ1) is 16.7. The van der Waals surface area contributed by atoms with Gasteiger partial charge >= 0.3 is 6.09 Å². The van der Waals surface area contributed by atoms with Crippen molar-refractivity contribution in [2.24, 2.45) is 0 Å². The number of ether oxygens (including phenoxy) is 1. The Bertz CT molecular complexity index is 1160. The molecule has 35 heavy (non-hydrogen) atoms. The van der Waals surface area contributed by atoms with Crippen molar-refractivity contribution in [3.63, 3.8) is 0 Å². The first-order valence-corrected chi connectivity index (χ1v) is 12.3. The summed E-state index contributed by atoms with van der Waals surface area (Å²) in [5.41, 5.74) is 10.2. The normalized spacial score (nSPS) is 15.3. The van der Waals surface area contributed by atoms with Crippen molar-refractivity contribution in [1.82, 2.24) is 24.8 Å². The summed E-state index contributed by atoms with van der Waals surface area (Å²) < 4.78 is 7.47. The SMILES string of the molecule is Cc1cccc(Cn2c(NC3CCN(CCNC(=O)OC(C)(C)C)CC3)nc3ccc(N)cc32)n1. The van der Waals surface area contributed by atoms with Crippen molar-refractivity contribution in [1.29, 1.82) is 0 Å². The molecule has 0 bridgehead atoms. The minimum absolute atomic E-state index is 0.323. The first-order valence-electron chi connectivity index (χ1n) is 12.3. The number of hydrogen-bond acceptors (Lipinski definition) is 7. The Kier molecular flexibility index (Phi) is 7.45. The van der Waals surface area contributed by atoms with Crippen LogP contribution in [0.25, 0.3) is 11.0 Å². The lowest BCUT2D eigenvalue weighted by atomic mass is 10.1. The lowest BCUT2D eigenvalue weighted by Crippen LogP contribution is -2.43. The van der Waals surface area contributed by atoms with Gasteiger partial charge in [-0.3, -0.25) is 4.98 Å². The number of aryl methyl sites for hydroxylation is 1. The number of fused-ring (bicyclic) bond motifs is 1. The highest BCUT2D eigenvalue weighted by Gasteiger charge is 2.22. The minimum Gasteiger partial charge on any atom is -0.444 e. The Hall–Kier alpha value is -3.33. The molecule has 0 saturated carbocycles. The molecule has 9 nitrogen and oxygen atoms in total. The number of amides is 1. The van der Waals surface area contributed by atoms with E-state index in [0.717, 1.165) is 66.5 Å². The largest absolute Gasteiger partial charge is 0.444 e. The van der Waals surface area contributed by atoms with Crippen LogP contribution in [0.5, 0.6) is 0 Å². The number of nitrogen functional groups attached to an aromatic ring is 1. The van der Waals surface area contributed by atoms with Crippen LogP contribution in [0.2, 0.25) is 0 Å². The summed E-state index contributed by atoms with van der Waals surface area (Å²) >= 11 is 0. The number of alkyl carbamates (subject to hydrolysis) is 1. The Labute approximate surface area is 207 Å². The molecule has 1 saturated heterocycles. The second-order valence-electron chi connectivity index (χ2n) is 10.2. The molecule has 1 aliphatic heterocycles. The standard InChI is InChI=1S/C26H37N7O2/c1-18-6-5-7-21(29-18)17-33-23-16-19(27)8-9-22(23)31-24(33)30-20-10-13-32(14-11-20)15-12-28-25(34)35-26(2,3)4/h5-9,16,20H,10-15,17,27H2,1-4H3,(H,28,34)(H,30,31). The molecule has 1 amide bonds. The first kappa shape index (κ1) is 24.8. The lowest BCUT2D eigenvalue weighted by Gasteiger charge is -2.32. The van der Waals surface area contributed by atoms with Crippen molar-refractivity contribution >= 4 is 28.8 Å². The number of benzene rings is 1. The fourth-order valence-corrected chi connectivity index (χ4v) is 4.37. The number of nitrogens with two attached hydrogens (primary N) is 1. The van der Waals surface area contributed by atoms with Gasteiger partial charge in [-0.25, -0.2) is 9.78 Å². The molecule has 0 radical (unpaired) electrons. The van der Waals surface area contributed by atoms with Gasteiger partial charge in [0.15, 0.2) is 0 Å². The molecule has 0 spiro atoms. The number of nitrogens with zero attached hydrogens (tertiary/aromatic N) is 4. The van der Waals surface area contributed by atoms with Gasteiger partial charge in [-0.1, -0.05) is 6.07 Å². The van der Waals surface area contributed by atoms with Gasteiger partial charge < -0.3 is 30.6 Å². The highest BCUT2D eigenvalue weighted by molar-refractivity contribution is 5.82. The average molecular weight is 480 g/mol. The molecule has 0 aliphatic carbocycles. The van der Waals surface area contributed by atoms with Gasteiger partial charge in [-0.2, -0.15) is 0 Å². The highest BCUT2D eigenvalue weighted by Crippen LogP contribution is 2.25. The summed E-state index contributed by atoms with van der Waals surface area (Å²) in [6, 6.07) is 12.2. The number of imidazole rings is 1. The molecule has 4 rings (SSSR count). The number of rotatable bonds is 7. The van der Waals surface area contributed by atoms with Gasteiger partial charge in [-0.05, 0) is 70.9 Å². The maximum atomic E-state index is 11.8. The van der Waals surface area contributed by atoms with E-state index in [0.29, 0.717) is 19.1 Å². The quantitative estimate of drug-likeness (QED) is 0.443. The summed E-state index contributed by atoms with van der Waals surface area (Å²) in [5, 5.41) is 6.52. The fourth-order valence-electron chi connectivity index (χ4n) is 4.37. The van der Waals surface area contributed by atoms with Crippen LogP contribution in [-0.4, -0.2) is 63.4 Å². The topological polar surface area (TPSA) is 110 Å². The molecular weight excluding hydrogens is 442 g/mol. The van der Waals surface area contributed by atoms with Crippen molar-refractivity contribution in [2.75, 3.05) is 37.2 Å². The number of piperidine rings is 1. The van der Waals surface area contributed by atoms with E-state index in [1.165, 1.54) is 0 Å². The van der Waals surface area contributed by atoms with Crippen LogP contribution >= 0.6 is 0 Å². The second-order valence-corrected chi connectivity index (χ2v) is 10.2. The van der Waals surface area contributed by atoms with Gasteiger partial charge in [0, 0.05) is 43.6 Å². The predicted octanol–water partition coefficient (Wildman–Crippen LogP) is 3.77. The Morgan fingerprint density at radius 3 is 2.66 bits per heavy atom. The monoisotopic (exact) mass is 479 g/mol. The number of aromatic nitrogens is 3. The number of likely N-dealkylation sites (tertiary alicyclic amines) is 1. The lowest BCUT2D eigenvalue weighted by molar-refractivity contribution is 0.0520. The molecule has 3 heterocycles. The number of carbonyl (C=O) groups excluding carboxylic acids is 1. The molecular formula is C26H37N7O2. The summed E-state index contributed by atoms with van der Waals surface area (Å²) in [5.74, 6) is 0.846. The molecule has 1 aliphatic rings. The number of hydrogen-bond donors (Lipinski definition) is 3. The Morgan fingerprint density at radius 2 is 1.94 bits per heavy atom. The summed E-state index contributed by atoms with van der Waals surface area (Å²) in [6.45, 7) is 11.5. The van der Waals surface area contributed by atoms with Gasteiger partial charge in [0.1, 0.15) is 5.60 Å². The summed E-state index contributed by atoms with van der Waals surface area (Å²) in [7, 11) is 0. The smallest absolute Gasteiger partial charge is 0.407 e. The highest BCUT2D eigenvalue weighted by atomic mass is 16.6. The zero-order chi connectivity index (χ0) is 25.0. The van der Waals surface area contributed by atoms with Gasteiger partial charge in [0.05, 0.1) is 23.3 Å². The zero-order valence-corrected chi connectivity index (χ0v) is 21.2. The third-order valence-corrected chi connectivity index (χ3v) is 6.06. The average Bonchev–Trinajstić information content (AvgIpc) is 3.10. The van der Waals surface area contributed by atoms with E-state index < -0.39 is 5.60 Å². The van der Waals surface area contributed by atoms with E-state index in [-0.39, 0.29) is 6.09 Å². The minimum atomic E-state index is -0.480. The van der Waals surface area contributed by atoms with Gasteiger partial charge in [0.2, 0.25) is 5.95 Å². The molecule has 4 N–H and O–H groups in total. The molecule has 9 heteroatoms. The Balaban J connectivity index is 1.36. The van der Waals surface area contributed by atoms with Crippen molar-refractivity contribution < 1.29 is 9.53 Å². The van der Waals surface area contributed by atoms with Crippen molar-refractivity contribution in [2.45, 2.75) is 58.7 Å². The summed E-state index contributed by atoms with van der Waals surface area (Å²) in [4.78, 5) is 23.8. The molecule has 3 aromatic rings. The van der Waals surface area contributed by atoms with Crippen LogP contribution in [0.15, 0.2) is 36.4 Å². The van der Waals surface area contributed by atoms with Crippen LogP contribution < -0.4 is 16.4 Å². The molecule has 0 atom stereocenters. The molecule has 1 fully saturated rings. The van der Waals surface area contributed by atoms with Crippen LogP contribution in [-0.2, 0) is 11.3 Å². The Morgan fingerprint density at radius 1 is 1.17 bits per heavy atom. The van der Waals surface area contributed by atoms with E-state index in [2.05, 4.69) is 25.1 Å². The van der Waals surface area contributed by atoms with Crippen LogP contribution in [0.4, 0.5) is 16.4 Å². The van der Waals surface area contributed by atoms with Crippen molar-refractivity contribution in [3.05, 3.63) is 47.8 Å². The second kappa shape index (κ2) is 10.5. The van der Waals surface area contributed by atoms with Crippen LogP contribution in [0.3, 0.4) is 0 Å². The molecule has 0 unspecified atom stereocenters. The van der Waals surface area contributed by atoms with Crippen LogP contribution in [0, 0.1) is 6.92 Å². The number of nitrogens with one attached hydrogen (secondary N) is 2. The molecule has 2 aromatic heterocycles. The fraction of sp³-hybridized carbons (Fsp3) is 0.500. The predicted molar refractivity (Wildman–Crippen MR) is 140 cm³/mol. The zero-order valence-electron chi connectivity index (χ0n) is 21.2. The van der Waals surface area contributed by atoms with Crippen LogP contribution in [0.1, 0.15) is 45.0 Å². The van der Waals surface area contributed by atoms with E-state index in [1.807, 2.05) is 64.1 Å². The summed E-state index contributed by atoms with van der Waals surface area (Å²) in [6.07, 6.45) is 1.64. The van der Waals surface area contributed by atoms with Crippen molar-refractivity contribution in [3.8, 4) is 0 Å². The van der Waals surface area contributed by atoms with E-state index in [9.17, 15) is 4.79 Å². The van der Waals surface area contributed by atoms with E-state index in [4.69, 9.17) is 15.5 Å². The number of pyridine rings is 1. The van der Waals surface area contributed by atoms with E-state index in [1.54, 1.807) is 0 Å². The van der Waals surface area contributed by atoms with Gasteiger partial charge in [-0.15, -0.1) is 0 Å². The maximum absolute atomic E-state index is 11.8. The van der Waals surface area contributed by atoms with Gasteiger partial charge in [0.25, 0.3) is 0 Å². The molecule has 1 aromatic carbocycles. The maximum Gasteiger partial charge on any atom is 0.407 e. The number of carbonyl (C=O) groups is 1. The third-order valence-electron chi connectivity index (χ3n) is 6.06. The van der Waals surface area contributed by atoms with E-state index >= 15 is 0 Å². The molecule has 188 valence electrons.